The maximum Gasteiger partial charge on any atom is 0.162 e. The van der Waals surface area contributed by atoms with E-state index in [1.807, 2.05) is 24.3 Å². The molecule has 2 heteroatoms. The number of Topliss-reactive ketones (excluding diaryl/α,β-unsaturated/α-hetero) is 1. The van der Waals surface area contributed by atoms with E-state index in [0.717, 1.165) is 30.8 Å². The van der Waals surface area contributed by atoms with E-state index < -0.39 is 0 Å². The van der Waals surface area contributed by atoms with Gasteiger partial charge in [-0.25, -0.2) is 0 Å². The van der Waals surface area contributed by atoms with Crippen LogP contribution in [0.25, 0.3) is 0 Å². The highest BCUT2D eigenvalue weighted by Crippen LogP contribution is 2.15. The van der Waals surface area contributed by atoms with Gasteiger partial charge in [-0.15, -0.1) is 0 Å². The maximum atomic E-state index is 11.8. The first kappa shape index (κ1) is 13.8. The highest BCUT2D eigenvalue weighted by Gasteiger charge is 2.06. The fourth-order valence-corrected chi connectivity index (χ4v) is 1.52. The zero-order valence-corrected chi connectivity index (χ0v) is 11.0. The van der Waals surface area contributed by atoms with Gasteiger partial charge in [-0.1, -0.05) is 20.8 Å². The van der Waals surface area contributed by atoms with Crippen molar-refractivity contribution < 1.29 is 9.53 Å². The Morgan fingerprint density at radius 2 is 1.88 bits per heavy atom. The summed E-state index contributed by atoms with van der Waals surface area (Å²) in [5.41, 5.74) is 0.787. The monoisotopic (exact) mass is 234 g/mol. The van der Waals surface area contributed by atoms with E-state index in [4.69, 9.17) is 4.74 Å². The van der Waals surface area contributed by atoms with Crippen LogP contribution in [0.1, 0.15) is 50.4 Å². The van der Waals surface area contributed by atoms with E-state index in [9.17, 15) is 4.79 Å². The van der Waals surface area contributed by atoms with E-state index in [0.29, 0.717) is 12.3 Å². The molecule has 0 unspecified atom stereocenters. The molecule has 94 valence electrons. The lowest BCUT2D eigenvalue weighted by Gasteiger charge is -2.06. The second-order valence-corrected chi connectivity index (χ2v) is 4.73. The van der Waals surface area contributed by atoms with Gasteiger partial charge >= 0.3 is 0 Å². The predicted molar refractivity (Wildman–Crippen MR) is 70.6 cm³/mol. The van der Waals surface area contributed by atoms with Crippen LogP contribution in [0.15, 0.2) is 24.3 Å². The Morgan fingerprint density at radius 1 is 1.24 bits per heavy atom. The van der Waals surface area contributed by atoms with Gasteiger partial charge in [0.2, 0.25) is 0 Å². The second kappa shape index (κ2) is 7.10. The fraction of sp³-hybridized carbons (Fsp3) is 0.533. The Bertz CT molecular complexity index is 338. The van der Waals surface area contributed by atoms with Crippen molar-refractivity contribution in [3.8, 4) is 5.75 Å². The second-order valence-electron chi connectivity index (χ2n) is 4.73. The number of ether oxygens (including phenoxy) is 1. The van der Waals surface area contributed by atoms with Crippen molar-refractivity contribution in [2.45, 2.75) is 40.0 Å². The number of carbonyl (C=O) groups is 1. The molecule has 1 aromatic carbocycles. The van der Waals surface area contributed by atoms with Crippen molar-refractivity contribution in [2.75, 3.05) is 6.61 Å². The van der Waals surface area contributed by atoms with Gasteiger partial charge in [0.15, 0.2) is 5.78 Å². The van der Waals surface area contributed by atoms with Crippen molar-refractivity contribution >= 4 is 5.78 Å². The molecule has 0 aliphatic carbocycles. The molecule has 0 fully saturated rings. The minimum atomic E-state index is 0.223. The number of hydrogen-bond donors (Lipinski definition) is 0. The summed E-state index contributed by atoms with van der Waals surface area (Å²) in [6.07, 6.45) is 2.58. The van der Waals surface area contributed by atoms with Crippen molar-refractivity contribution in [1.29, 1.82) is 0 Å². The Labute approximate surface area is 104 Å². The molecule has 0 spiro atoms. The molecule has 0 saturated heterocycles. The highest BCUT2D eigenvalue weighted by atomic mass is 16.5. The third kappa shape index (κ3) is 5.03. The highest BCUT2D eigenvalue weighted by molar-refractivity contribution is 5.96. The first-order valence-electron chi connectivity index (χ1n) is 6.39. The van der Waals surface area contributed by atoms with E-state index in [-0.39, 0.29) is 5.78 Å². The summed E-state index contributed by atoms with van der Waals surface area (Å²) >= 11 is 0. The third-order valence-corrected chi connectivity index (χ3v) is 2.60. The number of benzene rings is 1. The molecular weight excluding hydrogens is 212 g/mol. The Balaban J connectivity index is 2.51. The first-order chi connectivity index (χ1) is 8.13. The van der Waals surface area contributed by atoms with Crippen LogP contribution < -0.4 is 4.74 Å². The number of ketones is 1. The molecule has 0 amide bonds. The van der Waals surface area contributed by atoms with E-state index in [1.165, 1.54) is 0 Å². The van der Waals surface area contributed by atoms with Gasteiger partial charge in [-0.2, -0.15) is 0 Å². The smallest absolute Gasteiger partial charge is 0.162 e. The average molecular weight is 234 g/mol. The molecule has 0 aromatic heterocycles. The minimum Gasteiger partial charge on any atom is -0.494 e. The Hall–Kier alpha value is -1.31. The van der Waals surface area contributed by atoms with E-state index >= 15 is 0 Å². The largest absolute Gasteiger partial charge is 0.494 e. The summed E-state index contributed by atoms with van der Waals surface area (Å²) in [5.74, 6) is 1.64. The zero-order valence-electron chi connectivity index (χ0n) is 11.0. The molecular formula is C15H22O2. The minimum absolute atomic E-state index is 0.223. The normalized spacial score (nSPS) is 10.6. The molecule has 0 N–H and O–H groups in total. The summed E-state index contributed by atoms with van der Waals surface area (Å²) in [6.45, 7) is 7.06. The van der Waals surface area contributed by atoms with E-state index in [2.05, 4.69) is 20.8 Å². The lowest BCUT2D eigenvalue weighted by molar-refractivity contribution is 0.0975. The third-order valence-electron chi connectivity index (χ3n) is 2.60. The molecule has 0 bridgehead atoms. The van der Waals surface area contributed by atoms with Gasteiger partial charge in [0.25, 0.3) is 0 Å². The van der Waals surface area contributed by atoms with Crippen LogP contribution in [0.5, 0.6) is 5.75 Å². The Morgan fingerprint density at radius 3 is 2.41 bits per heavy atom. The molecule has 0 heterocycles. The van der Waals surface area contributed by atoms with Gasteiger partial charge in [0.1, 0.15) is 5.75 Å². The van der Waals surface area contributed by atoms with Crippen molar-refractivity contribution in [3.63, 3.8) is 0 Å². The van der Waals surface area contributed by atoms with Crippen LogP contribution in [-0.2, 0) is 0 Å². The van der Waals surface area contributed by atoms with Crippen LogP contribution in [0, 0.1) is 5.92 Å². The van der Waals surface area contributed by atoms with Gasteiger partial charge < -0.3 is 4.74 Å². The SMILES string of the molecule is CCCOc1ccc(C(=O)CCC(C)C)cc1. The van der Waals surface area contributed by atoms with Crippen LogP contribution in [0.4, 0.5) is 0 Å². The first-order valence-corrected chi connectivity index (χ1v) is 6.39. The quantitative estimate of drug-likeness (QED) is 0.664. The zero-order chi connectivity index (χ0) is 12.7. The molecule has 2 nitrogen and oxygen atoms in total. The topological polar surface area (TPSA) is 26.3 Å². The molecule has 0 radical (unpaired) electrons. The van der Waals surface area contributed by atoms with Crippen molar-refractivity contribution in [2.24, 2.45) is 5.92 Å². The number of hydrogen-bond acceptors (Lipinski definition) is 2. The summed E-state index contributed by atoms with van der Waals surface area (Å²) in [5, 5.41) is 0. The molecule has 1 rings (SSSR count). The van der Waals surface area contributed by atoms with E-state index in [1.54, 1.807) is 0 Å². The van der Waals surface area contributed by atoms with Crippen molar-refractivity contribution in [1.82, 2.24) is 0 Å². The summed E-state index contributed by atoms with van der Waals surface area (Å²) in [7, 11) is 0. The van der Waals surface area contributed by atoms with Crippen molar-refractivity contribution in [3.05, 3.63) is 29.8 Å². The van der Waals surface area contributed by atoms with Crippen LogP contribution in [0.2, 0.25) is 0 Å². The van der Waals surface area contributed by atoms with Gasteiger partial charge in [-0.05, 0) is 43.0 Å². The van der Waals surface area contributed by atoms with Crippen LogP contribution in [-0.4, -0.2) is 12.4 Å². The summed E-state index contributed by atoms with van der Waals surface area (Å²) in [6, 6.07) is 7.46. The predicted octanol–water partition coefficient (Wildman–Crippen LogP) is 4.09. The van der Waals surface area contributed by atoms with Crippen LogP contribution in [0.3, 0.4) is 0 Å². The lowest BCUT2D eigenvalue weighted by atomic mass is 10.0. The Kier molecular flexibility index (Phi) is 5.75. The lowest BCUT2D eigenvalue weighted by Crippen LogP contribution is -2.01. The van der Waals surface area contributed by atoms with Gasteiger partial charge in [0.05, 0.1) is 6.61 Å². The number of carbonyl (C=O) groups excluding carboxylic acids is 1. The number of rotatable bonds is 7. The van der Waals surface area contributed by atoms with Gasteiger partial charge in [0, 0.05) is 12.0 Å². The summed E-state index contributed by atoms with van der Waals surface area (Å²) < 4.78 is 5.48. The fourth-order valence-electron chi connectivity index (χ4n) is 1.52. The molecule has 0 atom stereocenters. The molecule has 0 aliphatic heterocycles. The maximum absolute atomic E-state index is 11.8. The molecule has 17 heavy (non-hydrogen) atoms. The molecule has 0 aliphatic rings. The standard InChI is InChI=1S/C15H22O2/c1-4-11-17-14-8-6-13(7-9-14)15(16)10-5-12(2)3/h6-9,12H,4-5,10-11H2,1-3H3. The van der Waals surface area contributed by atoms with Crippen LogP contribution >= 0.6 is 0 Å². The average Bonchev–Trinajstić information content (AvgIpc) is 2.34. The molecule has 0 saturated carbocycles. The summed E-state index contributed by atoms with van der Waals surface area (Å²) in [4.78, 5) is 11.8. The molecule has 1 aromatic rings. The van der Waals surface area contributed by atoms with Gasteiger partial charge in [-0.3, -0.25) is 4.79 Å².